The van der Waals surface area contributed by atoms with E-state index in [0.717, 1.165) is 0 Å². The lowest BCUT2D eigenvalue weighted by Crippen LogP contribution is -2.20. The number of rotatable bonds is 2. The molecule has 0 aliphatic carbocycles. The Morgan fingerprint density at radius 1 is 1.31 bits per heavy atom. The van der Waals surface area contributed by atoms with Crippen molar-refractivity contribution in [1.29, 1.82) is 0 Å². The van der Waals surface area contributed by atoms with Crippen molar-refractivity contribution >= 4 is 53.1 Å². The van der Waals surface area contributed by atoms with Crippen molar-refractivity contribution in [2.24, 2.45) is 0 Å². The van der Waals surface area contributed by atoms with Crippen LogP contribution in [-0.4, -0.2) is 20.4 Å². The van der Waals surface area contributed by atoms with Gasteiger partial charge in [-0.25, -0.2) is 0 Å². The van der Waals surface area contributed by atoms with E-state index in [1.165, 1.54) is 0 Å². The number of hydrogen-bond acceptors (Lipinski definition) is 2. The molecular weight excluding hydrogens is 273 g/mol. The first-order valence-corrected chi connectivity index (χ1v) is 7.30. The van der Waals surface area contributed by atoms with Gasteiger partial charge in [0.1, 0.15) is 6.61 Å². The molecule has 1 atom stereocenters. The largest absolute Gasteiger partial charge is 0.345 e. The Balaban J connectivity index is 4.30. The van der Waals surface area contributed by atoms with E-state index >= 15 is 0 Å². The molecule has 0 amide bonds. The van der Waals surface area contributed by atoms with Gasteiger partial charge < -0.3 is 9.42 Å². The summed E-state index contributed by atoms with van der Waals surface area (Å²) in [6.45, 7) is 2.27. The van der Waals surface area contributed by atoms with E-state index < -0.39 is 15.4 Å². The first-order chi connectivity index (χ1) is 5.46. The van der Waals surface area contributed by atoms with Crippen LogP contribution in [0.5, 0.6) is 0 Å². The van der Waals surface area contributed by atoms with Crippen LogP contribution in [0.1, 0.15) is 20.8 Å². The molecule has 0 aliphatic heterocycles. The van der Waals surface area contributed by atoms with E-state index in [1.54, 1.807) is 20.8 Å². The van der Waals surface area contributed by atoms with Gasteiger partial charge in [0.15, 0.2) is 6.49 Å². The minimum absolute atomic E-state index is 0.192. The third-order valence-corrected chi connectivity index (χ3v) is 5.71. The molecule has 0 aliphatic rings. The van der Waals surface area contributed by atoms with Crippen LogP contribution in [0.25, 0.3) is 0 Å². The van der Waals surface area contributed by atoms with Crippen molar-refractivity contribution in [1.82, 2.24) is 0 Å². The summed E-state index contributed by atoms with van der Waals surface area (Å²) < 4.78 is 3.51. The molecule has 80 valence electrons. The lowest BCUT2D eigenvalue weighted by atomic mass is 10.3. The molecule has 0 saturated carbocycles. The summed E-state index contributed by atoms with van der Waals surface area (Å²) in [4.78, 5) is 9.74. The van der Waals surface area contributed by atoms with E-state index in [-0.39, 0.29) is 6.61 Å². The summed E-state index contributed by atoms with van der Waals surface area (Å²) >= 11 is 21.3. The monoisotopic (exact) mass is 284 g/mol. The van der Waals surface area contributed by atoms with Gasteiger partial charge in [-0.05, 0) is 11.8 Å². The first-order valence-electron chi connectivity index (χ1n) is 3.50. The van der Waals surface area contributed by atoms with Crippen molar-refractivity contribution in [2.75, 3.05) is 6.61 Å². The Bertz CT molecular complexity index is 221. The molecule has 0 aromatic heterocycles. The molecular formula is C6H12Cl3O2PS. The fourth-order valence-electron chi connectivity index (χ4n) is 0.354. The average molecular weight is 286 g/mol. The maximum atomic E-state index is 9.74. The van der Waals surface area contributed by atoms with Gasteiger partial charge in [-0.1, -0.05) is 55.6 Å². The van der Waals surface area contributed by atoms with E-state index in [1.807, 2.05) is 0 Å². The summed E-state index contributed by atoms with van der Waals surface area (Å²) in [6, 6.07) is 0. The molecule has 0 fully saturated rings. The Hall–Kier alpha value is 1.44. The minimum atomic E-state index is -2.89. The molecule has 0 saturated heterocycles. The Morgan fingerprint density at radius 2 is 1.69 bits per heavy atom. The summed E-state index contributed by atoms with van der Waals surface area (Å²) in [7, 11) is 0. The average Bonchev–Trinajstić information content (AvgIpc) is 1.79. The lowest BCUT2D eigenvalue weighted by molar-refractivity contribution is 0.298. The summed E-state index contributed by atoms with van der Waals surface area (Å²) in [5.74, 6) is 0. The van der Waals surface area contributed by atoms with E-state index in [2.05, 4.69) is 0 Å². The first kappa shape index (κ1) is 14.4. The molecule has 13 heavy (non-hydrogen) atoms. The Morgan fingerprint density at radius 3 is 1.92 bits per heavy atom. The zero-order valence-corrected chi connectivity index (χ0v) is 11.5. The summed E-state index contributed by atoms with van der Waals surface area (Å²) in [6.07, 6.45) is 0. The number of hydrogen-bond donors (Lipinski definition) is 1. The van der Waals surface area contributed by atoms with Crippen LogP contribution in [0.3, 0.4) is 0 Å². The van der Waals surface area contributed by atoms with Gasteiger partial charge >= 0.3 is 0 Å². The highest BCUT2D eigenvalue weighted by Crippen LogP contribution is 2.56. The van der Waals surface area contributed by atoms with Crippen molar-refractivity contribution in [3.63, 3.8) is 0 Å². The van der Waals surface area contributed by atoms with Crippen LogP contribution < -0.4 is 0 Å². The molecule has 0 heterocycles. The highest BCUT2D eigenvalue weighted by atomic mass is 35.6. The van der Waals surface area contributed by atoms with Crippen LogP contribution >= 0.6 is 41.3 Å². The molecule has 7 heteroatoms. The normalized spacial score (nSPS) is 18.4. The van der Waals surface area contributed by atoms with Gasteiger partial charge in [-0.2, -0.15) is 0 Å². The quantitative estimate of drug-likeness (QED) is 0.622. The van der Waals surface area contributed by atoms with Crippen molar-refractivity contribution in [2.45, 2.75) is 29.7 Å². The molecule has 0 aromatic carbocycles. The van der Waals surface area contributed by atoms with Gasteiger partial charge in [0.05, 0.1) is 0 Å². The van der Waals surface area contributed by atoms with E-state index in [4.69, 9.17) is 51.1 Å². The number of alkyl halides is 3. The van der Waals surface area contributed by atoms with Crippen molar-refractivity contribution in [3.8, 4) is 0 Å². The molecule has 1 unspecified atom stereocenters. The van der Waals surface area contributed by atoms with Crippen LogP contribution in [0.4, 0.5) is 0 Å². The second kappa shape index (κ2) is 4.52. The molecule has 2 nitrogen and oxygen atoms in total. The zero-order valence-electron chi connectivity index (χ0n) is 7.55. The predicted molar refractivity (Wildman–Crippen MR) is 62.5 cm³/mol. The fraction of sp³-hybridized carbons (Fsp3) is 1.00. The number of halogens is 3. The van der Waals surface area contributed by atoms with Gasteiger partial charge in [0.2, 0.25) is 3.79 Å². The SMILES string of the molecule is CC(C)(C)P(O)(=S)OCC(Cl)(Cl)Cl. The molecule has 1 N–H and O–H groups in total. The minimum Gasteiger partial charge on any atom is -0.345 e. The van der Waals surface area contributed by atoms with Crippen LogP contribution in [0.15, 0.2) is 0 Å². The predicted octanol–water partition coefficient (Wildman–Crippen LogP) is 3.47. The molecule has 0 rings (SSSR count). The maximum absolute atomic E-state index is 9.74. The molecule has 0 radical (unpaired) electrons. The van der Waals surface area contributed by atoms with Gasteiger partial charge in [0, 0.05) is 5.16 Å². The second-order valence-electron chi connectivity index (χ2n) is 3.58. The van der Waals surface area contributed by atoms with E-state index in [9.17, 15) is 4.89 Å². The van der Waals surface area contributed by atoms with Crippen LogP contribution in [0, 0.1) is 0 Å². The molecule has 0 bridgehead atoms. The highest BCUT2D eigenvalue weighted by Gasteiger charge is 2.34. The van der Waals surface area contributed by atoms with Gasteiger partial charge in [-0.3, -0.25) is 0 Å². The third-order valence-electron chi connectivity index (χ3n) is 1.25. The Kier molecular flexibility index (Phi) is 5.03. The molecule has 0 spiro atoms. The van der Waals surface area contributed by atoms with Crippen molar-refractivity contribution < 1.29 is 9.42 Å². The van der Waals surface area contributed by atoms with Crippen LogP contribution in [0.2, 0.25) is 0 Å². The standard InChI is InChI=1S/C6H12Cl3O2PS/c1-5(2,3)12(10,13)11-4-6(7,8)9/h4H2,1-3H3,(H,10,13). The van der Waals surface area contributed by atoms with Crippen LogP contribution in [-0.2, 0) is 16.3 Å². The Labute approximate surface area is 98.7 Å². The maximum Gasteiger partial charge on any atom is 0.213 e. The van der Waals surface area contributed by atoms with Gasteiger partial charge in [0.25, 0.3) is 0 Å². The van der Waals surface area contributed by atoms with Crippen molar-refractivity contribution in [3.05, 3.63) is 0 Å². The molecule has 0 aromatic rings. The lowest BCUT2D eigenvalue weighted by Gasteiger charge is -2.30. The topological polar surface area (TPSA) is 29.5 Å². The summed E-state index contributed by atoms with van der Waals surface area (Å²) in [5.41, 5.74) is 0. The second-order valence-corrected chi connectivity index (χ2v) is 10.2. The van der Waals surface area contributed by atoms with E-state index in [0.29, 0.717) is 0 Å². The smallest absolute Gasteiger partial charge is 0.213 e. The zero-order chi connectivity index (χ0) is 10.9. The van der Waals surface area contributed by atoms with Gasteiger partial charge in [-0.15, -0.1) is 0 Å². The third kappa shape index (κ3) is 5.78. The fourth-order valence-corrected chi connectivity index (χ4v) is 1.66. The highest BCUT2D eigenvalue weighted by molar-refractivity contribution is 8.10. The summed E-state index contributed by atoms with van der Waals surface area (Å²) in [5, 5.41) is -0.502.